The molecular weight excluding hydrogens is 508 g/mol. The van der Waals surface area contributed by atoms with E-state index in [1.54, 1.807) is 6.92 Å². The Labute approximate surface area is 218 Å². The molecule has 1 saturated heterocycles. The van der Waals surface area contributed by atoms with Gasteiger partial charge in [-0.1, -0.05) is 0 Å². The van der Waals surface area contributed by atoms with Gasteiger partial charge in [-0.05, 0) is 31.2 Å². The van der Waals surface area contributed by atoms with Crippen LogP contribution in [0.5, 0.6) is 0 Å². The second-order valence-corrected chi connectivity index (χ2v) is 8.02. The highest BCUT2D eigenvalue weighted by Crippen LogP contribution is 2.28. The highest BCUT2D eigenvalue weighted by atomic mass is 16.7. The number of hydrogen-bond acceptors (Lipinski definition) is 12. The molecule has 208 valence electrons. The van der Waals surface area contributed by atoms with Crippen LogP contribution in [0.15, 0.2) is 24.3 Å². The van der Waals surface area contributed by atoms with E-state index < -0.39 is 73.1 Å². The first-order chi connectivity index (χ1) is 17.9. The lowest BCUT2D eigenvalue weighted by Gasteiger charge is -2.44. The molecule has 1 aromatic carbocycles. The zero-order chi connectivity index (χ0) is 28.4. The molecule has 0 radical (unpaired) electrons. The van der Waals surface area contributed by atoms with E-state index in [-0.39, 0.29) is 12.2 Å². The molecule has 0 bridgehead atoms. The Bertz CT molecular complexity index is 1040. The lowest BCUT2D eigenvalue weighted by Crippen LogP contribution is -2.66. The molecular formula is C24H30N2O12. The summed E-state index contributed by atoms with van der Waals surface area (Å²) in [7, 11) is 0. The van der Waals surface area contributed by atoms with Gasteiger partial charge < -0.3 is 39.1 Å². The predicted octanol–water partition coefficient (Wildman–Crippen LogP) is 1.07. The smallest absolute Gasteiger partial charge is 0.338 e. The number of nitrogens with one attached hydrogen (secondary N) is 2. The van der Waals surface area contributed by atoms with Gasteiger partial charge in [-0.15, -0.1) is 0 Å². The number of carbonyl (C=O) groups is 6. The summed E-state index contributed by atoms with van der Waals surface area (Å²) >= 11 is 0. The second kappa shape index (κ2) is 13.9. The lowest BCUT2D eigenvalue weighted by molar-refractivity contribution is -0.255. The number of hydrogen-bond donors (Lipinski definition) is 2. The number of benzene rings is 1. The van der Waals surface area contributed by atoms with Crippen molar-refractivity contribution in [2.45, 2.75) is 65.3 Å². The van der Waals surface area contributed by atoms with Crippen molar-refractivity contribution in [1.29, 1.82) is 0 Å². The lowest BCUT2D eigenvalue weighted by atomic mass is 9.97. The summed E-state index contributed by atoms with van der Waals surface area (Å²) in [5.74, 6) is -3.59. The van der Waals surface area contributed by atoms with E-state index in [4.69, 9.17) is 28.4 Å². The van der Waals surface area contributed by atoms with E-state index in [0.29, 0.717) is 5.69 Å². The van der Waals surface area contributed by atoms with Gasteiger partial charge in [0.2, 0.25) is 0 Å². The van der Waals surface area contributed by atoms with Crippen molar-refractivity contribution in [2.75, 3.05) is 18.5 Å². The largest absolute Gasteiger partial charge is 0.463 e. The van der Waals surface area contributed by atoms with E-state index in [2.05, 4.69) is 10.6 Å². The van der Waals surface area contributed by atoms with E-state index in [1.165, 1.54) is 24.3 Å². The van der Waals surface area contributed by atoms with Gasteiger partial charge in [0.05, 0.1) is 12.2 Å². The van der Waals surface area contributed by atoms with Crippen LogP contribution in [0.2, 0.25) is 0 Å². The van der Waals surface area contributed by atoms with Crippen molar-refractivity contribution in [2.24, 2.45) is 0 Å². The minimum absolute atomic E-state index is 0.206. The maximum absolute atomic E-state index is 12.8. The van der Waals surface area contributed by atoms with Crippen LogP contribution in [0.3, 0.4) is 0 Å². The number of esters is 5. The van der Waals surface area contributed by atoms with Crippen molar-refractivity contribution in [3.8, 4) is 0 Å². The van der Waals surface area contributed by atoms with Crippen molar-refractivity contribution >= 4 is 41.6 Å². The summed E-state index contributed by atoms with van der Waals surface area (Å²) < 4.78 is 31.6. The summed E-state index contributed by atoms with van der Waals surface area (Å²) in [6, 6.07) is 4.98. The molecule has 0 aromatic heterocycles. The number of ether oxygens (including phenoxy) is 6. The van der Waals surface area contributed by atoms with Crippen LogP contribution in [0.25, 0.3) is 0 Å². The number of carbonyl (C=O) groups excluding carboxylic acids is 6. The minimum atomic E-state index is -1.45. The van der Waals surface area contributed by atoms with Gasteiger partial charge in [0.15, 0.2) is 24.5 Å². The number of rotatable bonds is 9. The Hall–Kier alpha value is -4.20. The van der Waals surface area contributed by atoms with Gasteiger partial charge in [-0.2, -0.15) is 0 Å². The highest BCUT2D eigenvalue weighted by molar-refractivity contribution is 5.92. The maximum atomic E-state index is 12.8. The normalized spacial score (nSPS) is 22.3. The van der Waals surface area contributed by atoms with Crippen LogP contribution in [-0.4, -0.2) is 79.7 Å². The summed E-state index contributed by atoms with van der Waals surface area (Å²) in [4.78, 5) is 71.5. The van der Waals surface area contributed by atoms with Crippen LogP contribution in [0, 0.1) is 0 Å². The molecule has 2 amide bonds. The third-order valence-electron chi connectivity index (χ3n) is 4.92. The van der Waals surface area contributed by atoms with Gasteiger partial charge in [-0.25, -0.2) is 9.59 Å². The monoisotopic (exact) mass is 538 g/mol. The van der Waals surface area contributed by atoms with Crippen molar-refractivity contribution in [3.05, 3.63) is 29.8 Å². The third kappa shape index (κ3) is 9.03. The van der Waals surface area contributed by atoms with Crippen molar-refractivity contribution in [3.63, 3.8) is 0 Å². The molecule has 0 unspecified atom stereocenters. The van der Waals surface area contributed by atoms with E-state index in [9.17, 15) is 28.8 Å². The quantitative estimate of drug-likeness (QED) is 0.337. The Morgan fingerprint density at radius 1 is 0.763 bits per heavy atom. The molecule has 14 heteroatoms. The molecule has 14 nitrogen and oxygen atoms in total. The Balaban J connectivity index is 2.30. The van der Waals surface area contributed by atoms with Crippen LogP contribution < -0.4 is 10.6 Å². The second-order valence-electron chi connectivity index (χ2n) is 8.02. The number of amides is 2. The molecule has 1 fully saturated rings. The Morgan fingerprint density at radius 2 is 1.32 bits per heavy atom. The average Bonchev–Trinajstić information content (AvgIpc) is 2.81. The average molecular weight is 539 g/mol. The number of urea groups is 1. The fraction of sp³-hybridized carbons (Fsp3) is 0.500. The van der Waals surface area contributed by atoms with Crippen LogP contribution in [-0.2, 0) is 47.6 Å². The van der Waals surface area contributed by atoms with Gasteiger partial charge in [0.1, 0.15) is 12.7 Å². The SMILES string of the molecule is CCOC(=O)c1ccc(NC(=O)N[C@@H]2O[C@H](COC(C)=O)[C@H](OC(C)=O)[C@H](OC(C)=O)[C@H]2OC(C)=O)cc1. The van der Waals surface area contributed by atoms with Gasteiger partial charge in [0.25, 0.3) is 0 Å². The molecule has 2 rings (SSSR count). The summed E-state index contributed by atoms with van der Waals surface area (Å²) in [6.45, 7) is 5.85. The standard InChI is InChI=1S/C24H30N2O12/c1-6-33-23(31)16-7-9-17(10-8-16)25-24(32)26-22-21(37-15(5)30)20(36-14(4)29)19(35-13(3)28)18(38-22)11-34-12(2)27/h7-10,18-22H,6,11H2,1-5H3,(H2,25,26,32)/t18-,19+,20+,21-,22-/m1/s1. The van der Waals surface area contributed by atoms with Crippen LogP contribution >= 0.6 is 0 Å². The fourth-order valence-corrected chi connectivity index (χ4v) is 3.55. The molecule has 1 aromatic rings. The number of anilines is 1. The molecule has 1 aliphatic heterocycles. The molecule has 0 spiro atoms. The van der Waals surface area contributed by atoms with E-state index in [0.717, 1.165) is 27.7 Å². The fourth-order valence-electron chi connectivity index (χ4n) is 3.55. The first kappa shape index (κ1) is 30.0. The molecule has 1 heterocycles. The Morgan fingerprint density at radius 3 is 1.84 bits per heavy atom. The van der Waals surface area contributed by atoms with Gasteiger partial charge >= 0.3 is 35.9 Å². The van der Waals surface area contributed by atoms with Gasteiger partial charge in [0, 0.05) is 33.4 Å². The zero-order valence-corrected chi connectivity index (χ0v) is 21.5. The van der Waals surface area contributed by atoms with E-state index in [1.807, 2.05) is 0 Å². The van der Waals surface area contributed by atoms with Crippen molar-refractivity contribution in [1.82, 2.24) is 5.32 Å². The topological polar surface area (TPSA) is 182 Å². The van der Waals surface area contributed by atoms with Crippen LogP contribution in [0.1, 0.15) is 45.0 Å². The summed E-state index contributed by atoms with van der Waals surface area (Å²) in [5, 5.41) is 4.99. The highest BCUT2D eigenvalue weighted by Gasteiger charge is 2.52. The molecule has 38 heavy (non-hydrogen) atoms. The molecule has 0 aliphatic carbocycles. The first-order valence-electron chi connectivity index (χ1n) is 11.6. The molecule has 2 N–H and O–H groups in total. The first-order valence-corrected chi connectivity index (χ1v) is 11.6. The van der Waals surface area contributed by atoms with Crippen LogP contribution in [0.4, 0.5) is 10.5 Å². The summed E-state index contributed by atoms with van der Waals surface area (Å²) in [6.07, 6.45) is -6.88. The summed E-state index contributed by atoms with van der Waals surface area (Å²) in [5.41, 5.74) is 0.568. The van der Waals surface area contributed by atoms with E-state index >= 15 is 0 Å². The molecule has 0 saturated carbocycles. The maximum Gasteiger partial charge on any atom is 0.338 e. The molecule has 5 atom stereocenters. The third-order valence-corrected chi connectivity index (χ3v) is 4.92. The van der Waals surface area contributed by atoms with Crippen molar-refractivity contribution < 1.29 is 57.2 Å². The van der Waals surface area contributed by atoms with Gasteiger partial charge in [-0.3, -0.25) is 19.2 Å². The Kier molecular flexibility index (Phi) is 11.0. The minimum Gasteiger partial charge on any atom is -0.463 e. The molecule has 1 aliphatic rings. The zero-order valence-electron chi connectivity index (χ0n) is 21.5. The predicted molar refractivity (Wildman–Crippen MR) is 127 cm³/mol.